The molecule has 0 spiro atoms. The van der Waals surface area contributed by atoms with E-state index in [1.54, 1.807) is 0 Å². The summed E-state index contributed by atoms with van der Waals surface area (Å²) in [5.41, 5.74) is 4.94. The van der Waals surface area contributed by atoms with Gasteiger partial charge in [-0.3, -0.25) is 9.59 Å². The van der Waals surface area contributed by atoms with Crippen molar-refractivity contribution in [2.45, 2.75) is 38.5 Å². The Morgan fingerprint density at radius 3 is 2.19 bits per heavy atom. The van der Waals surface area contributed by atoms with Gasteiger partial charge in [0.1, 0.15) is 0 Å². The van der Waals surface area contributed by atoms with E-state index >= 15 is 0 Å². The first-order valence-electron chi connectivity index (χ1n) is 12.2. The first kappa shape index (κ1) is 21.2. The first-order chi connectivity index (χ1) is 15.7. The van der Waals surface area contributed by atoms with Crippen LogP contribution in [0.4, 0.5) is 0 Å². The summed E-state index contributed by atoms with van der Waals surface area (Å²) in [6, 6.07) is 14.1. The maximum absolute atomic E-state index is 13.0. The van der Waals surface area contributed by atoms with Crippen molar-refractivity contribution >= 4 is 11.8 Å². The molecule has 3 aliphatic heterocycles. The van der Waals surface area contributed by atoms with Gasteiger partial charge in [-0.2, -0.15) is 0 Å². The lowest BCUT2D eigenvalue weighted by atomic mass is 9.93. The van der Waals surface area contributed by atoms with Crippen molar-refractivity contribution in [3.8, 4) is 11.1 Å². The molecule has 0 saturated carbocycles. The third kappa shape index (κ3) is 4.44. The lowest BCUT2D eigenvalue weighted by Crippen LogP contribution is -2.42. The summed E-state index contributed by atoms with van der Waals surface area (Å²) in [4.78, 5) is 32.2. The predicted molar refractivity (Wildman–Crippen MR) is 127 cm³/mol. The summed E-state index contributed by atoms with van der Waals surface area (Å²) in [6.45, 7) is 6.69. The second kappa shape index (κ2) is 9.45. The second-order valence-electron chi connectivity index (χ2n) is 9.39. The number of carbonyl (C=O) groups excluding carboxylic acids is 2. The van der Waals surface area contributed by atoms with E-state index in [0.717, 1.165) is 79.8 Å². The maximum Gasteiger partial charge on any atom is 0.254 e. The molecule has 5 nitrogen and oxygen atoms in total. The minimum absolute atomic E-state index is 0.140. The van der Waals surface area contributed by atoms with E-state index in [9.17, 15) is 9.59 Å². The Labute approximate surface area is 191 Å². The highest BCUT2D eigenvalue weighted by Gasteiger charge is 2.25. The van der Waals surface area contributed by atoms with Gasteiger partial charge in [-0.25, -0.2) is 0 Å². The van der Waals surface area contributed by atoms with Crippen LogP contribution in [0.25, 0.3) is 11.1 Å². The zero-order valence-corrected chi connectivity index (χ0v) is 18.9. The largest absolute Gasteiger partial charge is 0.339 e. The average molecular weight is 432 g/mol. The van der Waals surface area contributed by atoms with Crippen molar-refractivity contribution in [3.05, 3.63) is 59.2 Å². The summed E-state index contributed by atoms with van der Waals surface area (Å²) in [5.74, 6) is 0.306. The van der Waals surface area contributed by atoms with Crippen LogP contribution in [0.3, 0.4) is 0 Å². The van der Waals surface area contributed by atoms with E-state index in [1.165, 1.54) is 32.4 Å². The number of nitrogens with zero attached hydrogens (tertiary/aromatic N) is 3. The molecule has 0 N–H and O–H groups in total. The molecule has 0 unspecified atom stereocenters. The smallest absolute Gasteiger partial charge is 0.254 e. The van der Waals surface area contributed by atoms with E-state index < -0.39 is 0 Å². The molecule has 2 aromatic rings. The molecule has 32 heavy (non-hydrogen) atoms. The minimum atomic E-state index is 0.140. The van der Waals surface area contributed by atoms with E-state index in [1.807, 2.05) is 46.2 Å². The summed E-state index contributed by atoms with van der Waals surface area (Å²) in [5, 5.41) is 0. The fraction of sp³-hybridized carbons (Fsp3) is 0.481. The van der Waals surface area contributed by atoms with Crippen molar-refractivity contribution < 1.29 is 9.59 Å². The average Bonchev–Trinajstić information content (AvgIpc) is 3.37. The predicted octanol–water partition coefficient (Wildman–Crippen LogP) is 4.07. The molecule has 0 aromatic heterocycles. The molecule has 3 heterocycles. The Morgan fingerprint density at radius 2 is 1.44 bits per heavy atom. The number of piperidine rings is 1. The van der Waals surface area contributed by atoms with Gasteiger partial charge in [0.2, 0.25) is 0 Å². The van der Waals surface area contributed by atoms with Crippen molar-refractivity contribution in [3.63, 3.8) is 0 Å². The Morgan fingerprint density at radius 1 is 0.750 bits per heavy atom. The highest BCUT2D eigenvalue weighted by molar-refractivity contribution is 5.97. The molecule has 2 aromatic carbocycles. The fourth-order valence-corrected chi connectivity index (χ4v) is 5.28. The Bertz CT molecular complexity index is 973. The molecule has 5 heteroatoms. The van der Waals surface area contributed by atoms with Gasteiger partial charge in [0, 0.05) is 43.9 Å². The van der Waals surface area contributed by atoms with E-state index in [0.29, 0.717) is 0 Å². The first-order valence-corrected chi connectivity index (χ1v) is 12.2. The van der Waals surface area contributed by atoms with Crippen LogP contribution in [0.2, 0.25) is 0 Å². The van der Waals surface area contributed by atoms with Crippen LogP contribution in [0, 0.1) is 0 Å². The van der Waals surface area contributed by atoms with E-state index in [2.05, 4.69) is 11.0 Å². The standard InChI is InChI=1S/C27H33N3O2/c31-26(29-15-2-1-3-16-29)22-8-6-21(7-9-22)23-10-11-25-24(20-23)12-17-30(27(25)32)19-18-28-13-4-5-14-28/h6-11,20H,1-5,12-19H2. The van der Waals surface area contributed by atoms with Crippen molar-refractivity contribution in [2.75, 3.05) is 45.8 Å². The third-order valence-electron chi connectivity index (χ3n) is 7.27. The number of rotatable bonds is 5. The molecule has 168 valence electrons. The maximum atomic E-state index is 13.0. The molecule has 2 fully saturated rings. The molecular formula is C27H33N3O2. The van der Waals surface area contributed by atoms with Gasteiger partial charge in [-0.05, 0) is 86.5 Å². The van der Waals surface area contributed by atoms with Gasteiger partial charge in [0.05, 0.1) is 0 Å². The molecule has 2 saturated heterocycles. The molecule has 0 radical (unpaired) electrons. The lowest BCUT2D eigenvalue weighted by molar-refractivity contribution is 0.0717. The summed E-state index contributed by atoms with van der Waals surface area (Å²) >= 11 is 0. The molecule has 2 amide bonds. The van der Waals surface area contributed by atoms with Crippen molar-refractivity contribution in [2.24, 2.45) is 0 Å². The highest BCUT2D eigenvalue weighted by Crippen LogP contribution is 2.27. The van der Waals surface area contributed by atoms with Crippen LogP contribution in [0.1, 0.15) is 58.4 Å². The number of likely N-dealkylation sites (tertiary alicyclic amines) is 2. The molecule has 0 aliphatic carbocycles. The van der Waals surface area contributed by atoms with Crippen LogP contribution in [-0.2, 0) is 6.42 Å². The number of amides is 2. The normalized spacial score (nSPS) is 19.3. The van der Waals surface area contributed by atoms with E-state index in [-0.39, 0.29) is 11.8 Å². The molecule has 3 aliphatic rings. The Kier molecular flexibility index (Phi) is 6.26. The minimum Gasteiger partial charge on any atom is -0.339 e. The molecule has 5 rings (SSSR count). The number of benzene rings is 2. The Balaban J connectivity index is 1.26. The van der Waals surface area contributed by atoms with Crippen molar-refractivity contribution in [1.29, 1.82) is 0 Å². The van der Waals surface area contributed by atoms with Gasteiger partial charge in [0.25, 0.3) is 11.8 Å². The summed E-state index contributed by atoms with van der Waals surface area (Å²) < 4.78 is 0. The van der Waals surface area contributed by atoms with Gasteiger partial charge in [-0.15, -0.1) is 0 Å². The van der Waals surface area contributed by atoms with Crippen LogP contribution >= 0.6 is 0 Å². The van der Waals surface area contributed by atoms with Crippen molar-refractivity contribution in [1.82, 2.24) is 14.7 Å². The zero-order chi connectivity index (χ0) is 21.9. The van der Waals surface area contributed by atoms with Gasteiger partial charge in [0.15, 0.2) is 0 Å². The van der Waals surface area contributed by atoms with E-state index in [4.69, 9.17) is 0 Å². The van der Waals surface area contributed by atoms with Gasteiger partial charge >= 0.3 is 0 Å². The molecular weight excluding hydrogens is 398 g/mol. The lowest BCUT2D eigenvalue weighted by Gasteiger charge is -2.30. The fourth-order valence-electron chi connectivity index (χ4n) is 5.28. The van der Waals surface area contributed by atoms with Gasteiger partial charge in [-0.1, -0.05) is 24.3 Å². The third-order valence-corrected chi connectivity index (χ3v) is 7.27. The SMILES string of the molecule is O=C(c1ccc(-c2ccc3c(c2)CCN(CCN2CCCC2)C3=O)cc1)N1CCCCC1. The second-order valence-corrected chi connectivity index (χ2v) is 9.39. The van der Waals surface area contributed by atoms with Crippen LogP contribution in [-0.4, -0.2) is 72.3 Å². The molecule has 0 atom stereocenters. The van der Waals surface area contributed by atoms with Crippen LogP contribution < -0.4 is 0 Å². The summed E-state index contributed by atoms with van der Waals surface area (Å²) in [7, 11) is 0. The monoisotopic (exact) mass is 431 g/mol. The quantitative estimate of drug-likeness (QED) is 0.717. The van der Waals surface area contributed by atoms with Crippen LogP contribution in [0.15, 0.2) is 42.5 Å². The number of hydrogen-bond donors (Lipinski definition) is 0. The number of carbonyl (C=O) groups is 2. The van der Waals surface area contributed by atoms with Crippen LogP contribution in [0.5, 0.6) is 0 Å². The number of hydrogen-bond acceptors (Lipinski definition) is 3. The van der Waals surface area contributed by atoms with Gasteiger partial charge < -0.3 is 14.7 Å². The summed E-state index contributed by atoms with van der Waals surface area (Å²) in [6.07, 6.45) is 6.90. The topological polar surface area (TPSA) is 43.9 Å². The number of fused-ring (bicyclic) bond motifs is 1. The molecule has 0 bridgehead atoms. The highest BCUT2D eigenvalue weighted by atomic mass is 16.2. The Hall–Kier alpha value is -2.66. The zero-order valence-electron chi connectivity index (χ0n) is 18.9.